The molecule has 0 aromatic heterocycles. The Labute approximate surface area is 214 Å². The van der Waals surface area contributed by atoms with Gasteiger partial charge in [-0.15, -0.1) is 37.9 Å². The summed E-state index contributed by atoms with van der Waals surface area (Å²) in [6.45, 7) is 18.8. The molecule has 3 aromatic carbocycles. The zero-order valence-electron chi connectivity index (χ0n) is 21.0. The van der Waals surface area contributed by atoms with E-state index < -0.39 is 0 Å². The third-order valence-electron chi connectivity index (χ3n) is 4.91. The van der Waals surface area contributed by atoms with Crippen molar-refractivity contribution in [2.24, 2.45) is 0 Å². The minimum Gasteiger partial charge on any atom is -0.269 e. The van der Waals surface area contributed by atoms with Crippen LogP contribution in [0, 0.1) is 62.3 Å². The summed E-state index contributed by atoms with van der Waals surface area (Å²) in [5.41, 5.74) is 11.5. The predicted octanol–water partition coefficient (Wildman–Crippen LogP) is 9.16. The first-order valence-electron chi connectivity index (χ1n) is 10.1. The predicted molar refractivity (Wildman–Crippen MR) is 151 cm³/mol. The maximum absolute atomic E-state index is 4.36. The van der Waals surface area contributed by atoms with E-state index in [1.54, 1.807) is 0 Å². The highest BCUT2D eigenvalue weighted by Crippen LogP contribution is 2.20. The van der Waals surface area contributed by atoms with Crippen LogP contribution in [0.2, 0.25) is 0 Å². The van der Waals surface area contributed by atoms with Gasteiger partial charge in [-0.25, -0.2) is 0 Å². The Kier molecular flexibility index (Phi) is 17.7. The number of benzene rings is 3. The van der Waals surface area contributed by atoms with Crippen LogP contribution in [0.4, 0.5) is 14.1 Å². The van der Waals surface area contributed by atoms with Crippen molar-refractivity contribution in [1.29, 1.82) is 0 Å². The molecule has 0 nitrogen and oxygen atoms in total. The molecular formula is C27H39F3S3. The number of aryl methyl sites for hydroxylation is 9. The fourth-order valence-electron chi connectivity index (χ4n) is 3.52. The van der Waals surface area contributed by atoms with Crippen LogP contribution in [0.15, 0.2) is 51.1 Å². The maximum Gasteiger partial charge on any atom is 0.00987 e. The van der Waals surface area contributed by atoms with E-state index in [-0.39, 0.29) is 14.1 Å². The molecule has 6 heteroatoms. The lowest BCUT2D eigenvalue weighted by Gasteiger charge is -2.03. The summed E-state index contributed by atoms with van der Waals surface area (Å²) in [5.74, 6) is 0. The summed E-state index contributed by atoms with van der Waals surface area (Å²) in [7, 11) is 0. The lowest BCUT2D eigenvalue weighted by molar-refractivity contribution is 1.11. The average Bonchev–Trinajstić information content (AvgIpc) is 2.63. The zero-order valence-corrected chi connectivity index (χ0v) is 23.7. The molecule has 0 bridgehead atoms. The summed E-state index contributed by atoms with van der Waals surface area (Å²) in [6.07, 6.45) is 0. The molecule has 0 saturated carbocycles. The smallest absolute Gasteiger partial charge is 0.00987 e. The van der Waals surface area contributed by atoms with Crippen LogP contribution in [0.3, 0.4) is 0 Å². The Hall–Kier alpha value is -1.50. The van der Waals surface area contributed by atoms with E-state index in [0.29, 0.717) is 0 Å². The first-order chi connectivity index (χ1) is 13.8. The second-order valence-corrected chi connectivity index (χ2v) is 9.58. The second kappa shape index (κ2) is 16.2. The summed E-state index contributed by atoms with van der Waals surface area (Å²) in [5, 5.41) is 0. The molecule has 186 valence electrons. The van der Waals surface area contributed by atoms with Gasteiger partial charge in [0.15, 0.2) is 0 Å². The standard InChI is InChI=1S/3C9H12S.3FH/c3*1-6-4-7(2)9(10)8(3)5-6;;;/h3*4-5,10H,1-3H3;3*1H. The van der Waals surface area contributed by atoms with Gasteiger partial charge in [0.2, 0.25) is 0 Å². The molecule has 0 aliphatic rings. The first-order valence-corrected chi connectivity index (χ1v) is 11.5. The molecule has 0 unspecified atom stereocenters. The molecule has 0 amide bonds. The number of halogens is 3. The number of thiol groups is 3. The zero-order chi connectivity index (χ0) is 23.2. The van der Waals surface area contributed by atoms with Crippen LogP contribution >= 0.6 is 37.9 Å². The van der Waals surface area contributed by atoms with Crippen LogP contribution in [0.25, 0.3) is 0 Å². The van der Waals surface area contributed by atoms with E-state index in [0.717, 1.165) is 14.7 Å². The molecule has 0 fully saturated rings. The normalized spacial score (nSPS) is 9.09. The first kappa shape index (κ1) is 36.1. The van der Waals surface area contributed by atoms with Crippen molar-refractivity contribution in [3.8, 4) is 0 Å². The van der Waals surface area contributed by atoms with Crippen LogP contribution in [-0.4, -0.2) is 0 Å². The highest BCUT2D eigenvalue weighted by Gasteiger charge is 1.98. The highest BCUT2D eigenvalue weighted by molar-refractivity contribution is 7.80. The Bertz CT molecular complexity index is 830. The van der Waals surface area contributed by atoms with Crippen LogP contribution < -0.4 is 0 Å². The molecule has 0 atom stereocenters. The number of hydrogen-bond acceptors (Lipinski definition) is 3. The van der Waals surface area contributed by atoms with Gasteiger partial charge < -0.3 is 0 Å². The van der Waals surface area contributed by atoms with E-state index >= 15 is 0 Å². The fraction of sp³-hybridized carbons (Fsp3) is 0.333. The Morgan fingerprint density at radius 3 is 0.576 bits per heavy atom. The van der Waals surface area contributed by atoms with Gasteiger partial charge in [0.05, 0.1) is 0 Å². The van der Waals surface area contributed by atoms with Crippen molar-refractivity contribution in [2.75, 3.05) is 0 Å². The van der Waals surface area contributed by atoms with Crippen molar-refractivity contribution in [2.45, 2.75) is 77.0 Å². The molecule has 0 saturated heterocycles. The van der Waals surface area contributed by atoms with E-state index in [9.17, 15) is 0 Å². The molecular weight excluding hydrogens is 477 g/mol. The monoisotopic (exact) mass is 516 g/mol. The largest absolute Gasteiger partial charge is 0.269 e. The maximum atomic E-state index is 4.36. The number of rotatable bonds is 0. The number of hydrogen-bond donors (Lipinski definition) is 3. The van der Waals surface area contributed by atoms with Gasteiger partial charge in [-0.1, -0.05) is 53.1 Å². The molecule has 0 heterocycles. The van der Waals surface area contributed by atoms with Gasteiger partial charge in [0, 0.05) is 14.7 Å². The fourth-order valence-corrected chi connectivity index (χ4v) is 3.90. The molecule has 0 aliphatic heterocycles. The van der Waals surface area contributed by atoms with E-state index in [1.165, 1.54) is 50.1 Å². The highest BCUT2D eigenvalue weighted by atomic mass is 32.1. The summed E-state index contributed by atoms with van der Waals surface area (Å²) < 4.78 is 0. The van der Waals surface area contributed by atoms with Gasteiger partial charge in [0.25, 0.3) is 0 Å². The second-order valence-electron chi connectivity index (χ2n) is 8.24. The van der Waals surface area contributed by atoms with Crippen LogP contribution in [0.5, 0.6) is 0 Å². The molecule has 33 heavy (non-hydrogen) atoms. The average molecular weight is 517 g/mol. The van der Waals surface area contributed by atoms with Crippen LogP contribution in [-0.2, 0) is 0 Å². The van der Waals surface area contributed by atoms with Crippen molar-refractivity contribution in [3.05, 3.63) is 86.5 Å². The molecule has 0 radical (unpaired) electrons. The van der Waals surface area contributed by atoms with Gasteiger partial charge in [-0.3, -0.25) is 14.1 Å². The Morgan fingerprint density at radius 2 is 0.455 bits per heavy atom. The molecule has 0 spiro atoms. The van der Waals surface area contributed by atoms with Gasteiger partial charge >= 0.3 is 0 Å². The van der Waals surface area contributed by atoms with Crippen molar-refractivity contribution in [3.63, 3.8) is 0 Å². The van der Waals surface area contributed by atoms with Gasteiger partial charge in [-0.05, 0) is 95.7 Å². The van der Waals surface area contributed by atoms with E-state index in [1.807, 2.05) is 0 Å². The van der Waals surface area contributed by atoms with E-state index in [4.69, 9.17) is 0 Å². The topological polar surface area (TPSA) is 0 Å². The van der Waals surface area contributed by atoms with Crippen molar-refractivity contribution < 1.29 is 14.1 Å². The van der Waals surface area contributed by atoms with Gasteiger partial charge in [-0.2, -0.15) is 0 Å². The van der Waals surface area contributed by atoms with Crippen molar-refractivity contribution >= 4 is 37.9 Å². The lowest BCUT2D eigenvalue weighted by Crippen LogP contribution is -1.83. The summed E-state index contributed by atoms with van der Waals surface area (Å²) in [6, 6.07) is 12.9. The molecule has 0 aliphatic carbocycles. The van der Waals surface area contributed by atoms with Gasteiger partial charge in [0.1, 0.15) is 0 Å². The minimum absolute atomic E-state index is 0. The third-order valence-corrected chi connectivity index (χ3v) is 7.02. The summed E-state index contributed by atoms with van der Waals surface area (Å²) >= 11 is 13.1. The molecule has 3 rings (SSSR count). The van der Waals surface area contributed by atoms with Crippen molar-refractivity contribution in [1.82, 2.24) is 0 Å². The van der Waals surface area contributed by atoms with E-state index in [2.05, 4.69) is 137 Å². The minimum atomic E-state index is 0. The SMILES string of the molecule is Cc1cc(C)c(S)c(C)c1.Cc1cc(C)c(S)c(C)c1.Cc1cc(C)c(S)c(C)c1.F.F.F. The summed E-state index contributed by atoms with van der Waals surface area (Å²) in [4.78, 5) is 3.35. The Balaban J connectivity index is -0.000000391. The lowest BCUT2D eigenvalue weighted by atomic mass is 10.1. The molecule has 3 aromatic rings. The third kappa shape index (κ3) is 11.5. The quantitative estimate of drug-likeness (QED) is 0.244. The van der Waals surface area contributed by atoms with Crippen LogP contribution in [0.1, 0.15) is 50.1 Å². The Morgan fingerprint density at radius 1 is 0.333 bits per heavy atom. The molecule has 0 N–H and O–H groups in total.